The van der Waals surface area contributed by atoms with Gasteiger partial charge in [0.1, 0.15) is 23.5 Å². The van der Waals surface area contributed by atoms with E-state index >= 15 is 0 Å². The monoisotopic (exact) mass is 451 g/mol. The number of nitrogens with zero attached hydrogens (tertiary/aromatic N) is 2. The predicted octanol–water partition coefficient (Wildman–Crippen LogP) is 6.55. The fraction of sp³-hybridized carbons (Fsp3) is 0.481. The van der Waals surface area contributed by atoms with Gasteiger partial charge in [0.2, 0.25) is 5.91 Å². The molecule has 0 bridgehead atoms. The molecule has 1 aromatic heterocycles. The number of rotatable bonds is 5. The Kier molecular flexibility index (Phi) is 6.43. The first-order valence-corrected chi connectivity index (χ1v) is 12.3. The topological polar surface area (TPSA) is 46.9 Å². The Morgan fingerprint density at radius 3 is 2.21 bits per heavy atom. The van der Waals surface area contributed by atoms with Crippen LogP contribution in [0.5, 0.6) is 0 Å². The average Bonchev–Trinajstić information content (AvgIpc) is 3.19. The first-order chi connectivity index (χ1) is 16.1. The minimum absolute atomic E-state index is 0.0463. The zero-order chi connectivity index (χ0) is 22.8. The lowest BCUT2D eigenvalue weighted by Crippen LogP contribution is -2.43. The third-order valence-corrected chi connectivity index (χ3v) is 7.38. The van der Waals surface area contributed by atoms with Gasteiger partial charge in [0.05, 0.1) is 16.6 Å². The molecular formula is C27H31F2N3O. The highest BCUT2D eigenvalue weighted by Gasteiger charge is 2.36. The molecule has 0 saturated heterocycles. The molecule has 1 N–H and O–H groups in total. The van der Waals surface area contributed by atoms with Crippen molar-refractivity contribution in [1.29, 1.82) is 0 Å². The largest absolute Gasteiger partial charge is 0.352 e. The molecule has 0 spiro atoms. The van der Waals surface area contributed by atoms with E-state index in [1.807, 2.05) is 28.8 Å². The molecule has 4 nitrogen and oxygen atoms in total. The predicted molar refractivity (Wildman–Crippen MR) is 126 cm³/mol. The summed E-state index contributed by atoms with van der Waals surface area (Å²) in [6.07, 6.45) is 10.6. The van der Waals surface area contributed by atoms with Gasteiger partial charge in [-0.25, -0.2) is 13.8 Å². The first kappa shape index (κ1) is 22.1. The highest BCUT2D eigenvalue weighted by molar-refractivity contribution is 5.87. The minimum Gasteiger partial charge on any atom is -0.352 e. The second-order valence-electron chi connectivity index (χ2n) is 9.58. The molecule has 1 atom stereocenters. The van der Waals surface area contributed by atoms with Crippen molar-refractivity contribution in [3.05, 3.63) is 54.1 Å². The van der Waals surface area contributed by atoms with Gasteiger partial charge in [-0.3, -0.25) is 4.79 Å². The van der Waals surface area contributed by atoms with Gasteiger partial charge in [-0.15, -0.1) is 0 Å². The third-order valence-electron chi connectivity index (χ3n) is 7.38. The van der Waals surface area contributed by atoms with E-state index in [1.165, 1.54) is 24.6 Å². The van der Waals surface area contributed by atoms with Crippen LogP contribution in [0.15, 0.2) is 42.5 Å². The number of amides is 1. The third kappa shape index (κ3) is 4.40. The van der Waals surface area contributed by atoms with E-state index < -0.39 is 17.7 Å². The number of aromatic nitrogens is 2. The SMILES string of the molecule is O=C(NC1CCCCC1)C(C1CCCCC1)n1c(-c2c(F)cccc2F)nc2ccccc21. The van der Waals surface area contributed by atoms with Gasteiger partial charge >= 0.3 is 0 Å². The first-order valence-electron chi connectivity index (χ1n) is 12.3. The molecule has 0 radical (unpaired) electrons. The lowest BCUT2D eigenvalue weighted by Gasteiger charge is -2.33. The van der Waals surface area contributed by atoms with Crippen LogP contribution in [0.1, 0.15) is 70.3 Å². The number of benzene rings is 2. The van der Waals surface area contributed by atoms with Gasteiger partial charge in [0.15, 0.2) is 0 Å². The van der Waals surface area contributed by atoms with Gasteiger partial charge in [-0.05, 0) is 55.9 Å². The van der Waals surface area contributed by atoms with E-state index in [0.29, 0.717) is 5.52 Å². The van der Waals surface area contributed by atoms with Crippen LogP contribution in [-0.2, 0) is 4.79 Å². The zero-order valence-electron chi connectivity index (χ0n) is 18.9. The van der Waals surface area contributed by atoms with Crippen molar-refractivity contribution in [2.45, 2.75) is 76.3 Å². The number of halogens is 2. The number of fused-ring (bicyclic) bond motifs is 1. The van der Waals surface area contributed by atoms with Crippen LogP contribution in [0.2, 0.25) is 0 Å². The molecule has 2 aliphatic rings. The summed E-state index contributed by atoms with van der Waals surface area (Å²) in [5, 5.41) is 3.30. The maximum atomic E-state index is 14.9. The summed E-state index contributed by atoms with van der Waals surface area (Å²) in [6.45, 7) is 0. The molecule has 0 aliphatic heterocycles. The van der Waals surface area contributed by atoms with Crippen molar-refractivity contribution in [3.63, 3.8) is 0 Å². The van der Waals surface area contributed by atoms with Crippen LogP contribution < -0.4 is 5.32 Å². The lowest BCUT2D eigenvalue weighted by molar-refractivity contribution is -0.127. The number of imidazole rings is 1. The van der Waals surface area contributed by atoms with E-state index in [0.717, 1.165) is 63.3 Å². The summed E-state index contributed by atoms with van der Waals surface area (Å²) in [7, 11) is 0. The van der Waals surface area contributed by atoms with Gasteiger partial charge in [0, 0.05) is 6.04 Å². The standard InChI is InChI=1S/C27H31F2N3O/c28-20-14-9-15-21(29)24(20)26-31-22-16-7-8-17-23(22)32(26)25(18-10-3-1-4-11-18)27(33)30-19-12-5-2-6-13-19/h7-9,14-19,25H,1-6,10-13H2,(H,30,33). The minimum atomic E-state index is -0.665. The van der Waals surface area contributed by atoms with E-state index in [1.54, 1.807) is 0 Å². The quantitative estimate of drug-likeness (QED) is 0.478. The van der Waals surface area contributed by atoms with Crippen LogP contribution >= 0.6 is 0 Å². The molecule has 2 fully saturated rings. The fourth-order valence-electron chi connectivity index (χ4n) is 5.74. The Morgan fingerprint density at radius 1 is 0.879 bits per heavy atom. The maximum absolute atomic E-state index is 14.9. The molecule has 1 heterocycles. The number of nitrogens with one attached hydrogen (secondary N) is 1. The van der Waals surface area contributed by atoms with Crippen molar-refractivity contribution in [2.75, 3.05) is 0 Å². The molecule has 6 heteroatoms. The Balaban J connectivity index is 1.65. The van der Waals surface area contributed by atoms with Crippen molar-refractivity contribution in [2.24, 2.45) is 5.92 Å². The fourth-order valence-corrected chi connectivity index (χ4v) is 5.74. The summed E-state index contributed by atoms with van der Waals surface area (Å²) >= 11 is 0. The Bertz CT molecular complexity index is 1110. The molecule has 3 aromatic rings. The Hall–Kier alpha value is -2.76. The Morgan fingerprint density at radius 2 is 1.52 bits per heavy atom. The van der Waals surface area contributed by atoms with Crippen molar-refractivity contribution in [3.8, 4) is 11.4 Å². The second kappa shape index (κ2) is 9.62. The summed E-state index contributed by atoms with van der Waals surface area (Å²) in [6, 6.07) is 11.0. The molecule has 1 unspecified atom stereocenters. The number of carbonyl (C=O) groups excluding carboxylic acids is 1. The molecule has 2 aliphatic carbocycles. The maximum Gasteiger partial charge on any atom is 0.243 e. The highest BCUT2D eigenvalue weighted by atomic mass is 19.1. The van der Waals surface area contributed by atoms with Crippen LogP contribution in [0.25, 0.3) is 22.4 Å². The molecule has 33 heavy (non-hydrogen) atoms. The molecule has 1 amide bonds. The van der Waals surface area contributed by atoms with Crippen molar-refractivity contribution < 1.29 is 13.6 Å². The molecule has 174 valence electrons. The van der Waals surface area contributed by atoms with Crippen LogP contribution in [0.3, 0.4) is 0 Å². The molecule has 2 saturated carbocycles. The summed E-state index contributed by atoms with van der Waals surface area (Å²) in [4.78, 5) is 18.5. The molecular weight excluding hydrogens is 420 g/mol. The molecule has 5 rings (SSSR count). The summed E-state index contributed by atoms with van der Waals surface area (Å²) in [5.41, 5.74) is 1.21. The van der Waals surface area contributed by atoms with Gasteiger partial charge in [-0.1, -0.05) is 56.7 Å². The molecule has 2 aromatic carbocycles. The number of hydrogen-bond donors (Lipinski definition) is 1. The summed E-state index contributed by atoms with van der Waals surface area (Å²) in [5.74, 6) is -1.08. The average molecular weight is 452 g/mol. The van der Waals surface area contributed by atoms with Crippen LogP contribution in [0.4, 0.5) is 8.78 Å². The van der Waals surface area contributed by atoms with Crippen LogP contribution in [-0.4, -0.2) is 21.5 Å². The lowest BCUT2D eigenvalue weighted by atomic mass is 9.82. The van der Waals surface area contributed by atoms with E-state index in [2.05, 4.69) is 10.3 Å². The summed E-state index contributed by atoms with van der Waals surface area (Å²) < 4.78 is 31.7. The van der Waals surface area contributed by atoms with E-state index in [9.17, 15) is 13.6 Å². The van der Waals surface area contributed by atoms with E-state index in [-0.39, 0.29) is 29.3 Å². The van der Waals surface area contributed by atoms with Gasteiger partial charge < -0.3 is 9.88 Å². The van der Waals surface area contributed by atoms with E-state index in [4.69, 9.17) is 0 Å². The van der Waals surface area contributed by atoms with Crippen molar-refractivity contribution in [1.82, 2.24) is 14.9 Å². The zero-order valence-corrected chi connectivity index (χ0v) is 18.9. The second-order valence-corrected chi connectivity index (χ2v) is 9.58. The number of hydrogen-bond acceptors (Lipinski definition) is 2. The normalized spacial score (nSPS) is 19.0. The highest BCUT2D eigenvalue weighted by Crippen LogP contribution is 2.39. The Labute approximate surface area is 193 Å². The number of para-hydroxylation sites is 2. The number of carbonyl (C=O) groups is 1. The van der Waals surface area contributed by atoms with Gasteiger partial charge in [0.25, 0.3) is 0 Å². The van der Waals surface area contributed by atoms with Crippen LogP contribution in [0, 0.1) is 17.6 Å². The smallest absolute Gasteiger partial charge is 0.243 e. The van der Waals surface area contributed by atoms with Crippen molar-refractivity contribution >= 4 is 16.9 Å². The van der Waals surface area contributed by atoms with Gasteiger partial charge in [-0.2, -0.15) is 0 Å².